The molecule has 0 aromatic carbocycles. The molecule has 0 aromatic heterocycles. The fourth-order valence-electron chi connectivity index (χ4n) is 4.38. The summed E-state index contributed by atoms with van der Waals surface area (Å²) < 4.78 is 0. The van der Waals surface area contributed by atoms with E-state index in [9.17, 15) is 0 Å². The summed E-state index contributed by atoms with van der Waals surface area (Å²) in [6, 6.07) is 0. The number of hydrogen-bond acceptors (Lipinski definition) is 0. The van der Waals surface area contributed by atoms with Crippen molar-refractivity contribution < 1.29 is 0 Å². The lowest BCUT2D eigenvalue weighted by atomic mass is 9.64. The second-order valence-electron chi connectivity index (χ2n) is 6.06. The van der Waals surface area contributed by atoms with Crippen LogP contribution in [0.15, 0.2) is 12.2 Å². The molecule has 3 aliphatic rings. The molecular weight excluding hydrogens is 168 g/mol. The van der Waals surface area contributed by atoms with Crippen LogP contribution in [0.4, 0.5) is 0 Å². The van der Waals surface area contributed by atoms with Crippen molar-refractivity contribution in [1.29, 1.82) is 0 Å². The summed E-state index contributed by atoms with van der Waals surface area (Å²) in [6.07, 6.45) is 15.6. The lowest BCUT2D eigenvalue weighted by Gasteiger charge is -2.40. The predicted octanol–water partition coefficient (Wildman–Crippen LogP) is 4.17. The first-order chi connectivity index (χ1) is 6.78. The number of hydrogen-bond donors (Lipinski definition) is 0. The van der Waals surface area contributed by atoms with Crippen molar-refractivity contribution in [3.63, 3.8) is 0 Å². The van der Waals surface area contributed by atoms with E-state index in [1.807, 2.05) is 0 Å². The third-order valence-electron chi connectivity index (χ3n) is 5.12. The molecule has 0 N–H and O–H groups in total. The maximum Gasteiger partial charge on any atom is -0.0110 e. The molecule has 4 unspecified atom stereocenters. The quantitative estimate of drug-likeness (QED) is 0.503. The average Bonchev–Trinajstić information content (AvgIpc) is 2.51. The Bertz CT molecular complexity index is 253. The maximum absolute atomic E-state index is 2.57. The standard InChI is InChI=1S/C14H22/c1-14-9-8-11(10-14)6-7-12-4-2-3-5-13(12)14/h8-9,11-13H,2-7,10H2,1H3. The average molecular weight is 190 g/mol. The Hall–Kier alpha value is -0.260. The molecule has 78 valence electrons. The van der Waals surface area contributed by atoms with Crippen LogP contribution in [0.2, 0.25) is 0 Å². The van der Waals surface area contributed by atoms with Crippen LogP contribution in [0.5, 0.6) is 0 Å². The second-order valence-corrected chi connectivity index (χ2v) is 6.06. The largest absolute Gasteiger partial charge is 0.0848 e. The van der Waals surface area contributed by atoms with Crippen LogP contribution in [-0.2, 0) is 0 Å². The fraction of sp³-hybridized carbons (Fsp3) is 0.857. The maximum atomic E-state index is 2.57. The summed E-state index contributed by atoms with van der Waals surface area (Å²) in [5.74, 6) is 3.04. The van der Waals surface area contributed by atoms with Crippen molar-refractivity contribution >= 4 is 0 Å². The first-order valence-electron chi connectivity index (χ1n) is 6.47. The van der Waals surface area contributed by atoms with E-state index in [4.69, 9.17) is 0 Å². The van der Waals surface area contributed by atoms with E-state index in [1.165, 1.54) is 44.9 Å². The van der Waals surface area contributed by atoms with Gasteiger partial charge in [-0.05, 0) is 48.9 Å². The van der Waals surface area contributed by atoms with Gasteiger partial charge < -0.3 is 0 Å². The van der Waals surface area contributed by atoms with Crippen LogP contribution < -0.4 is 0 Å². The zero-order chi connectivity index (χ0) is 9.60. The lowest BCUT2D eigenvalue weighted by Crippen LogP contribution is -2.31. The Balaban J connectivity index is 1.91. The molecule has 0 amide bonds. The molecule has 2 fully saturated rings. The van der Waals surface area contributed by atoms with Gasteiger partial charge in [-0.15, -0.1) is 0 Å². The van der Waals surface area contributed by atoms with Gasteiger partial charge in [0.15, 0.2) is 0 Å². The topological polar surface area (TPSA) is 0 Å². The van der Waals surface area contributed by atoms with Gasteiger partial charge in [0.25, 0.3) is 0 Å². The smallest absolute Gasteiger partial charge is 0.0110 e. The van der Waals surface area contributed by atoms with E-state index in [1.54, 1.807) is 0 Å². The molecule has 4 atom stereocenters. The molecule has 0 nitrogen and oxygen atoms in total. The van der Waals surface area contributed by atoms with Crippen molar-refractivity contribution in [2.75, 3.05) is 0 Å². The van der Waals surface area contributed by atoms with Crippen LogP contribution >= 0.6 is 0 Å². The molecule has 2 saturated carbocycles. The highest BCUT2D eigenvalue weighted by Crippen LogP contribution is 2.54. The third-order valence-corrected chi connectivity index (χ3v) is 5.12. The molecular formula is C14H22. The van der Waals surface area contributed by atoms with Crippen LogP contribution in [0.1, 0.15) is 51.9 Å². The van der Waals surface area contributed by atoms with E-state index in [0.717, 1.165) is 17.8 Å². The molecule has 0 radical (unpaired) electrons. The molecule has 0 heterocycles. The molecule has 0 aromatic rings. The van der Waals surface area contributed by atoms with Crippen LogP contribution in [0.3, 0.4) is 0 Å². The molecule has 2 bridgehead atoms. The first-order valence-corrected chi connectivity index (χ1v) is 6.47. The highest BCUT2D eigenvalue weighted by molar-refractivity contribution is 5.14. The number of allylic oxidation sites excluding steroid dienone is 2. The Labute approximate surface area is 87.8 Å². The molecule has 3 rings (SSSR count). The Morgan fingerprint density at radius 3 is 2.86 bits per heavy atom. The van der Waals surface area contributed by atoms with Gasteiger partial charge in [-0.3, -0.25) is 0 Å². The minimum absolute atomic E-state index is 0.590. The lowest BCUT2D eigenvalue weighted by molar-refractivity contribution is 0.123. The highest BCUT2D eigenvalue weighted by Gasteiger charge is 2.44. The van der Waals surface area contributed by atoms with Gasteiger partial charge >= 0.3 is 0 Å². The Kier molecular flexibility index (Phi) is 2.00. The van der Waals surface area contributed by atoms with Gasteiger partial charge in [-0.2, -0.15) is 0 Å². The minimum atomic E-state index is 0.590. The van der Waals surface area contributed by atoms with Gasteiger partial charge in [-0.1, -0.05) is 38.3 Å². The van der Waals surface area contributed by atoms with Crippen LogP contribution in [-0.4, -0.2) is 0 Å². The molecule has 14 heavy (non-hydrogen) atoms. The summed E-state index contributed by atoms with van der Waals surface area (Å²) >= 11 is 0. The second kappa shape index (κ2) is 3.12. The fourth-order valence-corrected chi connectivity index (χ4v) is 4.38. The van der Waals surface area contributed by atoms with E-state index in [2.05, 4.69) is 19.1 Å². The van der Waals surface area contributed by atoms with Gasteiger partial charge in [0, 0.05) is 0 Å². The van der Waals surface area contributed by atoms with Crippen molar-refractivity contribution in [3.05, 3.63) is 12.2 Å². The summed E-state index contributed by atoms with van der Waals surface area (Å²) in [6.45, 7) is 2.53. The van der Waals surface area contributed by atoms with E-state index >= 15 is 0 Å². The van der Waals surface area contributed by atoms with E-state index in [0.29, 0.717) is 5.41 Å². The Morgan fingerprint density at radius 2 is 1.93 bits per heavy atom. The van der Waals surface area contributed by atoms with Gasteiger partial charge in [-0.25, -0.2) is 0 Å². The number of rotatable bonds is 0. The van der Waals surface area contributed by atoms with E-state index < -0.39 is 0 Å². The Morgan fingerprint density at radius 1 is 1.07 bits per heavy atom. The predicted molar refractivity (Wildman–Crippen MR) is 60.0 cm³/mol. The zero-order valence-electron chi connectivity index (χ0n) is 9.34. The molecule has 0 aliphatic heterocycles. The van der Waals surface area contributed by atoms with Gasteiger partial charge in [0.2, 0.25) is 0 Å². The van der Waals surface area contributed by atoms with Crippen molar-refractivity contribution in [2.24, 2.45) is 23.2 Å². The normalized spacial score (nSPS) is 51.4. The third kappa shape index (κ3) is 1.26. The zero-order valence-corrected chi connectivity index (χ0v) is 9.34. The van der Waals surface area contributed by atoms with Crippen molar-refractivity contribution in [3.8, 4) is 0 Å². The van der Waals surface area contributed by atoms with Crippen molar-refractivity contribution in [2.45, 2.75) is 51.9 Å². The van der Waals surface area contributed by atoms with Gasteiger partial charge in [0.05, 0.1) is 0 Å². The summed E-state index contributed by atoms with van der Waals surface area (Å²) in [4.78, 5) is 0. The molecule has 0 saturated heterocycles. The van der Waals surface area contributed by atoms with Crippen LogP contribution in [0, 0.1) is 23.2 Å². The first kappa shape index (κ1) is 9.00. The molecule has 0 spiro atoms. The van der Waals surface area contributed by atoms with Crippen molar-refractivity contribution in [1.82, 2.24) is 0 Å². The summed E-state index contributed by atoms with van der Waals surface area (Å²) in [7, 11) is 0. The van der Waals surface area contributed by atoms with Gasteiger partial charge in [0.1, 0.15) is 0 Å². The molecule has 3 aliphatic carbocycles. The summed E-state index contributed by atoms with van der Waals surface area (Å²) in [5, 5.41) is 0. The monoisotopic (exact) mass is 190 g/mol. The SMILES string of the molecule is CC12C=CC(CCC3CCCCC31)C2. The highest BCUT2D eigenvalue weighted by atomic mass is 14.5. The number of fused-ring (bicyclic) bond motifs is 4. The van der Waals surface area contributed by atoms with E-state index in [-0.39, 0.29) is 0 Å². The molecule has 0 heteroatoms. The summed E-state index contributed by atoms with van der Waals surface area (Å²) in [5.41, 5.74) is 0.590. The van der Waals surface area contributed by atoms with Crippen LogP contribution in [0.25, 0.3) is 0 Å². The minimum Gasteiger partial charge on any atom is -0.0848 e.